The molecule has 2 rings (SSSR count). The molecule has 0 bridgehead atoms. The van der Waals surface area contributed by atoms with Crippen LogP contribution in [-0.2, 0) is 0 Å². The lowest BCUT2D eigenvalue weighted by Crippen LogP contribution is -2.00. The Balaban J connectivity index is 0.000000235. The number of hydrogen-bond donors (Lipinski definition) is 0. The van der Waals surface area contributed by atoms with Gasteiger partial charge in [-0.3, -0.25) is 0 Å². The van der Waals surface area contributed by atoms with Gasteiger partial charge in [-0.1, -0.05) is 27.7 Å². The predicted octanol–water partition coefficient (Wildman–Crippen LogP) is 4.49. The van der Waals surface area contributed by atoms with E-state index < -0.39 is 0 Å². The van der Waals surface area contributed by atoms with Crippen LogP contribution in [0.2, 0.25) is 0 Å². The van der Waals surface area contributed by atoms with Gasteiger partial charge < -0.3 is 9.47 Å². The van der Waals surface area contributed by atoms with Crippen molar-refractivity contribution in [2.24, 2.45) is 0 Å². The van der Waals surface area contributed by atoms with Gasteiger partial charge in [0.25, 0.3) is 0 Å². The molecule has 0 aromatic carbocycles. The summed E-state index contributed by atoms with van der Waals surface area (Å²) in [6.07, 6.45) is 0. The van der Waals surface area contributed by atoms with Crippen LogP contribution in [0.1, 0.15) is 50.8 Å². The van der Waals surface area contributed by atoms with Crippen molar-refractivity contribution in [3.63, 3.8) is 0 Å². The Morgan fingerprint density at radius 3 is 2.10 bits per heavy atom. The van der Waals surface area contributed by atoms with Crippen LogP contribution in [0.15, 0.2) is 22.9 Å². The average molecular weight is 308 g/mol. The highest BCUT2D eigenvalue weighted by molar-refractivity contribution is 7.07. The van der Waals surface area contributed by atoms with Gasteiger partial charge in [0.15, 0.2) is 0 Å². The molecule has 0 fully saturated rings. The molecule has 2 heterocycles. The molecule has 2 aromatic rings. The standard InChI is InChI=1S/C9H14N2O2.C7H10S/c1-6(2)7-5-8(12-3)11-9(10-7)13-4;1-6(2)7-3-4-8-5-7/h5-6H,1-4H3;3-6H,1-2H3. The summed E-state index contributed by atoms with van der Waals surface area (Å²) >= 11 is 1.77. The summed E-state index contributed by atoms with van der Waals surface area (Å²) in [5, 5.41) is 4.32. The van der Waals surface area contributed by atoms with Crippen molar-refractivity contribution in [2.45, 2.75) is 39.5 Å². The maximum Gasteiger partial charge on any atom is 0.319 e. The first-order valence-electron chi connectivity index (χ1n) is 6.97. The summed E-state index contributed by atoms with van der Waals surface area (Å²) in [7, 11) is 3.12. The van der Waals surface area contributed by atoms with E-state index in [2.05, 4.69) is 54.5 Å². The first-order chi connectivity index (χ1) is 9.97. The minimum absolute atomic E-state index is 0.339. The molecule has 0 aliphatic heterocycles. The van der Waals surface area contributed by atoms with Gasteiger partial charge in [0.2, 0.25) is 5.88 Å². The molecule has 0 radical (unpaired) electrons. The molecule has 4 nitrogen and oxygen atoms in total. The molecule has 0 N–H and O–H groups in total. The van der Waals surface area contributed by atoms with Crippen LogP contribution in [0.3, 0.4) is 0 Å². The lowest BCUT2D eigenvalue weighted by molar-refractivity contribution is 0.349. The van der Waals surface area contributed by atoms with Crippen molar-refractivity contribution < 1.29 is 9.47 Å². The minimum atomic E-state index is 0.339. The van der Waals surface area contributed by atoms with Crippen LogP contribution in [0, 0.1) is 0 Å². The summed E-state index contributed by atoms with van der Waals surface area (Å²) < 4.78 is 9.96. The Morgan fingerprint density at radius 1 is 1.00 bits per heavy atom. The normalized spacial score (nSPS) is 10.3. The van der Waals surface area contributed by atoms with Gasteiger partial charge in [-0.2, -0.15) is 21.3 Å². The number of methoxy groups -OCH3 is 2. The van der Waals surface area contributed by atoms with Crippen molar-refractivity contribution in [1.29, 1.82) is 0 Å². The van der Waals surface area contributed by atoms with Gasteiger partial charge in [0.05, 0.1) is 19.9 Å². The molecule has 21 heavy (non-hydrogen) atoms. The van der Waals surface area contributed by atoms with Gasteiger partial charge >= 0.3 is 6.01 Å². The first-order valence-corrected chi connectivity index (χ1v) is 7.91. The van der Waals surface area contributed by atoms with E-state index in [9.17, 15) is 0 Å². The molecule has 0 spiro atoms. The fourth-order valence-corrected chi connectivity index (χ4v) is 2.34. The summed E-state index contributed by atoms with van der Waals surface area (Å²) in [5.74, 6) is 1.57. The van der Waals surface area contributed by atoms with E-state index in [0.29, 0.717) is 23.7 Å². The van der Waals surface area contributed by atoms with Crippen molar-refractivity contribution in [3.05, 3.63) is 34.2 Å². The zero-order valence-corrected chi connectivity index (χ0v) is 14.4. The fourth-order valence-electron chi connectivity index (χ4n) is 1.52. The van der Waals surface area contributed by atoms with E-state index in [0.717, 1.165) is 5.69 Å². The SMILES string of the molecule is CC(C)c1ccsc1.COc1cc(C(C)C)nc(OC)n1. The van der Waals surface area contributed by atoms with E-state index in [1.54, 1.807) is 25.6 Å². The monoisotopic (exact) mass is 308 g/mol. The number of hydrogen-bond acceptors (Lipinski definition) is 5. The molecule has 2 aromatic heterocycles. The van der Waals surface area contributed by atoms with Gasteiger partial charge in [-0.05, 0) is 34.2 Å². The Bertz CT molecular complexity index is 503. The van der Waals surface area contributed by atoms with Crippen LogP contribution >= 0.6 is 11.3 Å². The quantitative estimate of drug-likeness (QED) is 0.835. The summed E-state index contributed by atoms with van der Waals surface area (Å²) in [6.45, 7) is 8.53. The van der Waals surface area contributed by atoms with Crippen LogP contribution in [-0.4, -0.2) is 24.2 Å². The van der Waals surface area contributed by atoms with Crippen molar-refractivity contribution >= 4 is 11.3 Å². The third-order valence-corrected chi connectivity index (χ3v) is 3.60. The maximum atomic E-state index is 5.02. The highest BCUT2D eigenvalue weighted by Crippen LogP contribution is 2.19. The Hall–Kier alpha value is -1.62. The molecular weight excluding hydrogens is 284 g/mol. The highest BCUT2D eigenvalue weighted by Gasteiger charge is 2.07. The third-order valence-electron chi connectivity index (χ3n) is 2.90. The largest absolute Gasteiger partial charge is 0.481 e. The topological polar surface area (TPSA) is 44.2 Å². The molecular formula is C16H24N2O2S. The minimum Gasteiger partial charge on any atom is -0.481 e. The zero-order valence-electron chi connectivity index (χ0n) is 13.6. The molecule has 0 atom stereocenters. The Labute approximate surface area is 131 Å². The summed E-state index contributed by atoms with van der Waals surface area (Å²) in [4.78, 5) is 8.18. The van der Waals surface area contributed by atoms with Gasteiger partial charge in [0.1, 0.15) is 0 Å². The van der Waals surface area contributed by atoms with Crippen LogP contribution in [0.25, 0.3) is 0 Å². The van der Waals surface area contributed by atoms with Crippen LogP contribution in [0.5, 0.6) is 11.9 Å². The molecule has 0 amide bonds. The number of nitrogens with zero attached hydrogens (tertiary/aromatic N) is 2. The lowest BCUT2D eigenvalue weighted by atomic mass is 10.1. The van der Waals surface area contributed by atoms with Gasteiger partial charge in [-0.15, -0.1) is 0 Å². The molecule has 116 valence electrons. The first kappa shape index (κ1) is 17.4. The molecule has 5 heteroatoms. The smallest absolute Gasteiger partial charge is 0.319 e. The van der Waals surface area contributed by atoms with Crippen molar-refractivity contribution in [1.82, 2.24) is 9.97 Å². The average Bonchev–Trinajstić information content (AvgIpc) is 3.01. The fraction of sp³-hybridized carbons (Fsp3) is 0.500. The molecule has 0 aliphatic rings. The second-order valence-electron chi connectivity index (χ2n) is 5.19. The van der Waals surface area contributed by atoms with Crippen molar-refractivity contribution in [2.75, 3.05) is 14.2 Å². The number of aromatic nitrogens is 2. The van der Waals surface area contributed by atoms with Gasteiger partial charge in [0, 0.05) is 6.07 Å². The van der Waals surface area contributed by atoms with E-state index in [4.69, 9.17) is 9.47 Å². The predicted molar refractivity (Wildman–Crippen MR) is 87.6 cm³/mol. The Kier molecular flexibility index (Phi) is 7.15. The lowest BCUT2D eigenvalue weighted by Gasteiger charge is -2.07. The number of thiophene rings is 1. The zero-order chi connectivity index (χ0) is 15.8. The number of rotatable bonds is 4. The maximum absolute atomic E-state index is 5.02. The van der Waals surface area contributed by atoms with Crippen LogP contribution < -0.4 is 9.47 Å². The van der Waals surface area contributed by atoms with E-state index in [1.807, 2.05) is 6.07 Å². The van der Waals surface area contributed by atoms with E-state index in [-0.39, 0.29) is 0 Å². The van der Waals surface area contributed by atoms with Crippen molar-refractivity contribution in [3.8, 4) is 11.9 Å². The second-order valence-corrected chi connectivity index (χ2v) is 5.97. The second kappa shape index (κ2) is 8.62. The third kappa shape index (κ3) is 5.71. The number of ether oxygens (including phenoxy) is 2. The molecule has 0 saturated heterocycles. The van der Waals surface area contributed by atoms with Gasteiger partial charge in [-0.25, -0.2) is 0 Å². The van der Waals surface area contributed by atoms with E-state index in [1.165, 1.54) is 5.56 Å². The molecule has 0 aliphatic carbocycles. The Morgan fingerprint density at radius 2 is 1.71 bits per heavy atom. The molecule has 0 unspecified atom stereocenters. The summed E-state index contributed by atoms with van der Waals surface area (Å²) in [5.41, 5.74) is 2.37. The molecule has 0 saturated carbocycles. The van der Waals surface area contributed by atoms with E-state index >= 15 is 0 Å². The summed E-state index contributed by atoms with van der Waals surface area (Å²) in [6, 6.07) is 4.34. The highest BCUT2D eigenvalue weighted by atomic mass is 32.1. The van der Waals surface area contributed by atoms with Crippen LogP contribution in [0.4, 0.5) is 0 Å².